The molecule has 20 heavy (non-hydrogen) atoms. The normalized spacial score (nSPS) is 23.8. The average molecular weight is 272 g/mol. The Morgan fingerprint density at radius 2 is 2.10 bits per heavy atom. The number of nitrogens with two attached hydrogens (primary N) is 1. The molecule has 1 aliphatic rings. The maximum atomic E-state index is 10.2. The van der Waals surface area contributed by atoms with E-state index in [1.54, 1.807) is 6.33 Å². The van der Waals surface area contributed by atoms with Crippen molar-refractivity contribution in [1.29, 1.82) is 0 Å². The molecule has 1 aromatic carbocycles. The van der Waals surface area contributed by atoms with Gasteiger partial charge < -0.3 is 15.7 Å². The quantitative estimate of drug-likeness (QED) is 0.776. The topological polar surface area (TPSA) is 75.3 Å². The lowest BCUT2D eigenvalue weighted by Gasteiger charge is -2.24. The first-order chi connectivity index (χ1) is 9.55. The fourth-order valence-electron chi connectivity index (χ4n) is 2.79. The number of anilines is 2. The van der Waals surface area contributed by atoms with Crippen molar-refractivity contribution >= 4 is 22.4 Å². The number of aliphatic hydroxyl groups is 1. The molecule has 1 unspecified atom stereocenters. The van der Waals surface area contributed by atoms with Crippen molar-refractivity contribution in [2.45, 2.75) is 31.8 Å². The van der Waals surface area contributed by atoms with E-state index in [1.807, 2.05) is 25.1 Å². The number of hydrogen-bond donors (Lipinski definition) is 2. The zero-order valence-corrected chi connectivity index (χ0v) is 11.7. The molecular weight excluding hydrogens is 252 g/mol. The van der Waals surface area contributed by atoms with Crippen molar-refractivity contribution in [2.75, 3.05) is 23.7 Å². The van der Waals surface area contributed by atoms with Gasteiger partial charge in [-0.15, -0.1) is 0 Å². The highest BCUT2D eigenvalue weighted by Crippen LogP contribution is 2.28. The Labute approximate surface area is 118 Å². The van der Waals surface area contributed by atoms with E-state index in [4.69, 9.17) is 5.73 Å². The minimum atomic E-state index is -0.567. The Kier molecular flexibility index (Phi) is 3.22. The van der Waals surface area contributed by atoms with E-state index in [0.717, 1.165) is 49.1 Å². The first-order valence-electron chi connectivity index (χ1n) is 7.03. The van der Waals surface area contributed by atoms with Crippen LogP contribution in [0.4, 0.5) is 11.5 Å². The Morgan fingerprint density at radius 3 is 2.95 bits per heavy atom. The van der Waals surface area contributed by atoms with Crippen LogP contribution in [0, 0.1) is 0 Å². The van der Waals surface area contributed by atoms with Gasteiger partial charge in [0.25, 0.3) is 0 Å². The number of nitrogen functional groups attached to an aromatic ring is 1. The second-order valence-corrected chi connectivity index (χ2v) is 5.81. The van der Waals surface area contributed by atoms with E-state index in [9.17, 15) is 5.11 Å². The Balaban J connectivity index is 1.97. The zero-order chi connectivity index (χ0) is 14.2. The highest BCUT2D eigenvalue weighted by Gasteiger charge is 2.26. The minimum absolute atomic E-state index is 0.567. The van der Waals surface area contributed by atoms with Gasteiger partial charge in [0.1, 0.15) is 12.1 Å². The van der Waals surface area contributed by atoms with Gasteiger partial charge in [-0.1, -0.05) is 0 Å². The molecule has 2 aromatic rings. The Morgan fingerprint density at radius 1 is 1.25 bits per heavy atom. The zero-order valence-electron chi connectivity index (χ0n) is 11.7. The van der Waals surface area contributed by atoms with Crippen LogP contribution in [0.1, 0.15) is 26.2 Å². The third kappa shape index (κ3) is 2.54. The molecule has 1 aromatic heterocycles. The van der Waals surface area contributed by atoms with E-state index >= 15 is 0 Å². The van der Waals surface area contributed by atoms with Crippen LogP contribution in [0.15, 0.2) is 24.5 Å². The van der Waals surface area contributed by atoms with Crippen molar-refractivity contribution in [3.63, 3.8) is 0 Å². The molecule has 3 rings (SSSR count). The maximum Gasteiger partial charge on any atom is 0.139 e. The number of hydrogen-bond acceptors (Lipinski definition) is 5. The number of nitrogens with zero attached hydrogens (tertiary/aromatic N) is 3. The summed E-state index contributed by atoms with van der Waals surface area (Å²) < 4.78 is 0. The summed E-state index contributed by atoms with van der Waals surface area (Å²) in [5, 5.41) is 11.2. The van der Waals surface area contributed by atoms with Gasteiger partial charge in [0.2, 0.25) is 0 Å². The van der Waals surface area contributed by atoms with Gasteiger partial charge in [-0.05, 0) is 44.4 Å². The number of aromatic nitrogens is 2. The average Bonchev–Trinajstić information content (AvgIpc) is 2.59. The summed E-state index contributed by atoms with van der Waals surface area (Å²) in [6, 6.07) is 5.72. The van der Waals surface area contributed by atoms with E-state index in [2.05, 4.69) is 14.9 Å². The fourth-order valence-corrected chi connectivity index (χ4v) is 2.79. The second kappa shape index (κ2) is 4.90. The maximum absolute atomic E-state index is 10.2. The van der Waals surface area contributed by atoms with Gasteiger partial charge in [0.05, 0.1) is 11.1 Å². The lowest BCUT2D eigenvalue weighted by Crippen LogP contribution is -2.29. The lowest BCUT2D eigenvalue weighted by molar-refractivity contribution is 0.0481. The van der Waals surface area contributed by atoms with Crippen molar-refractivity contribution < 1.29 is 5.11 Å². The van der Waals surface area contributed by atoms with Crippen LogP contribution in [0.25, 0.3) is 10.9 Å². The number of rotatable bonds is 1. The summed E-state index contributed by atoms with van der Waals surface area (Å²) in [4.78, 5) is 11.0. The summed E-state index contributed by atoms with van der Waals surface area (Å²) in [5.74, 6) is 0.938. The largest absolute Gasteiger partial charge is 0.399 e. The number of benzene rings is 1. The monoisotopic (exact) mass is 272 g/mol. The third-order valence-electron chi connectivity index (χ3n) is 4.00. The first-order valence-corrected chi connectivity index (χ1v) is 7.03. The van der Waals surface area contributed by atoms with E-state index in [-0.39, 0.29) is 0 Å². The molecule has 3 N–H and O–H groups in total. The summed E-state index contributed by atoms with van der Waals surface area (Å²) in [7, 11) is 0. The molecular formula is C15H20N4O. The lowest BCUT2D eigenvalue weighted by atomic mass is 9.98. The molecule has 5 heteroatoms. The van der Waals surface area contributed by atoms with Crippen LogP contribution in [0.5, 0.6) is 0 Å². The van der Waals surface area contributed by atoms with Crippen LogP contribution >= 0.6 is 0 Å². The van der Waals surface area contributed by atoms with Crippen molar-refractivity contribution in [3.8, 4) is 0 Å². The molecule has 0 bridgehead atoms. The van der Waals surface area contributed by atoms with Gasteiger partial charge >= 0.3 is 0 Å². The van der Waals surface area contributed by atoms with Crippen LogP contribution in [-0.2, 0) is 0 Å². The molecule has 0 spiro atoms. The predicted molar refractivity (Wildman–Crippen MR) is 80.6 cm³/mol. The van der Waals surface area contributed by atoms with Gasteiger partial charge in [0, 0.05) is 24.2 Å². The molecule has 1 saturated heterocycles. The summed E-state index contributed by atoms with van der Waals surface area (Å²) in [6.07, 6.45) is 4.14. The smallest absolute Gasteiger partial charge is 0.139 e. The molecule has 5 nitrogen and oxygen atoms in total. The van der Waals surface area contributed by atoms with Gasteiger partial charge in [-0.2, -0.15) is 0 Å². The Bertz CT molecular complexity index is 626. The Hall–Kier alpha value is -1.88. The molecule has 0 radical (unpaired) electrons. The molecule has 0 saturated carbocycles. The van der Waals surface area contributed by atoms with Crippen LogP contribution < -0.4 is 10.6 Å². The number of fused-ring (bicyclic) bond motifs is 1. The molecule has 0 amide bonds. The third-order valence-corrected chi connectivity index (χ3v) is 4.00. The van der Waals surface area contributed by atoms with Crippen molar-refractivity contribution in [3.05, 3.63) is 24.5 Å². The van der Waals surface area contributed by atoms with Crippen molar-refractivity contribution in [1.82, 2.24) is 9.97 Å². The van der Waals surface area contributed by atoms with E-state index < -0.39 is 5.60 Å². The summed E-state index contributed by atoms with van der Waals surface area (Å²) >= 11 is 0. The second-order valence-electron chi connectivity index (χ2n) is 5.81. The van der Waals surface area contributed by atoms with Gasteiger partial charge in [-0.3, -0.25) is 0 Å². The molecule has 106 valence electrons. The van der Waals surface area contributed by atoms with Crippen LogP contribution in [0.2, 0.25) is 0 Å². The predicted octanol–water partition coefficient (Wildman–Crippen LogP) is 1.95. The molecule has 2 heterocycles. The highest BCUT2D eigenvalue weighted by molar-refractivity contribution is 5.91. The highest BCUT2D eigenvalue weighted by atomic mass is 16.3. The van der Waals surface area contributed by atoms with Crippen molar-refractivity contribution in [2.24, 2.45) is 0 Å². The van der Waals surface area contributed by atoms with E-state index in [1.165, 1.54) is 0 Å². The molecule has 1 atom stereocenters. The summed E-state index contributed by atoms with van der Waals surface area (Å²) in [6.45, 7) is 3.63. The first kappa shape index (κ1) is 13.1. The molecule has 0 aliphatic carbocycles. The SMILES string of the molecule is CC1(O)CCCN(c2ncnc3cc(N)ccc23)CC1. The van der Waals surface area contributed by atoms with Crippen LogP contribution in [0.3, 0.4) is 0 Å². The van der Waals surface area contributed by atoms with Gasteiger partial charge in [-0.25, -0.2) is 9.97 Å². The minimum Gasteiger partial charge on any atom is -0.399 e. The standard InChI is InChI=1S/C15H20N4O/c1-15(20)5-2-7-19(8-6-15)14-12-4-3-11(16)9-13(12)17-10-18-14/h3-4,9-10,20H,2,5-8,16H2,1H3. The molecule has 1 fully saturated rings. The summed E-state index contributed by atoms with van der Waals surface area (Å²) in [5.41, 5.74) is 6.81. The van der Waals surface area contributed by atoms with E-state index in [0.29, 0.717) is 5.69 Å². The van der Waals surface area contributed by atoms with Gasteiger partial charge in [0.15, 0.2) is 0 Å². The fraction of sp³-hybridized carbons (Fsp3) is 0.467. The van der Waals surface area contributed by atoms with Crippen LogP contribution in [-0.4, -0.2) is 33.8 Å². The molecule has 1 aliphatic heterocycles.